The van der Waals surface area contributed by atoms with Crippen LogP contribution in [0.5, 0.6) is 0 Å². The van der Waals surface area contributed by atoms with Crippen LogP contribution in [0.25, 0.3) is 0 Å². The predicted molar refractivity (Wildman–Crippen MR) is 58.3 cm³/mol. The van der Waals surface area contributed by atoms with Crippen molar-refractivity contribution in [3.8, 4) is 6.07 Å². The molecule has 0 aliphatic carbocycles. The highest BCUT2D eigenvalue weighted by molar-refractivity contribution is 9.09. The fourth-order valence-corrected chi connectivity index (χ4v) is 1.61. The van der Waals surface area contributed by atoms with E-state index in [4.69, 9.17) is 16.9 Å². The first-order chi connectivity index (χ1) is 6.27. The molecule has 0 unspecified atom stereocenters. The van der Waals surface area contributed by atoms with Gasteiger partial charge in [0.2, 0.25) is 0 Å². The molecule has 1 rings (SSSR count). The second kappa shape index (κ2) is 5.26. The maximum atomic E-state index is 8.80. The van der Waals surface area contributed by atoms with Gasteiger partial charge in [0.1, 0.15) is 0 Å². The quantitative estimate of drug-likeness (QED) is 0.761. The van der Waals surface area contributed by atoms with E-state index in [0.29, 0.717) is 5.02 Å². The lowest BCUT2D eigenvalue weighted by Gasteiger charge is -2.02. The van der Waals surface area contributed by atoms with Crippen LogP contribution < -0.4 is 0 Å². The molecule has 3 heteroatoms. The summed E-state index contributed by atoms with van der Waals surface area (Å²) >= 11 is 9.19. The maximum absolute atomic E-state index is 8.80. The van der Waals surface area contributed by atoms with Gasteiger partial charge in [-0.1, -0.05) is 27.5 Å². The monoisotopic (exact) mass is 257 g/mol. The minimum absolute atomic E-state index is 0.698. The molecule has 1 aromatic rings. The Balaban J connectivity index is 2.89. The molecule has 0 saturated heterocycles. The van der Waals surface area contributed by atoms with Gasteiger partial charge in [0.25, 0.3) is 0 Å². The van der Waals surface area contributed by atoms with Crippen LogP contribution in [-0.4, -0.2) is 5.33 Å². The number of benzene rings is 1. The van der Waals surface area contributed by atoms with Crippen LogP contribution >= 0.6 is 27.5 Å². The van der Waals surface area contributed by atoms with Gasteiger partial charge < -0.3 is 0 Å². The van der Waals surface area contributed by atoms with Crippen molar-refractivity contribution in [3.05, 3.63) is 34.3 Å². The molecule has 0 heterocycles. The van der Waals surface area contributed by atoms with E-state index < -0.39 is 0 Å². The number of aryl methyl sites for hydroxylation is 1. The number of hydrogen-bond donors (Lipinski definition) is 0. The first kappa shape index (κ1) is 10.6. The molecule has 0 saturated carbocycles. The average molecular weight is 259 g/mol. The van der Waals surface area contributed by atoms with Crippen molar-refractivity contribution in [2.45, 2.75) is 12.8 Å². The molecule has 0 aliphatic heterocycles. The van der Waals surface area contributed by atoms with Gasteiger partial charge in [0.05, 0.1) is 11.6 Å². The molecular formula is C10H9BrClN. The summed E-state index contributed by atoms with van der Waals surface area (Å²) in [7, 11) is 0. The van der Waals surface area contributed by atoms with E-state index in [2.05, 4.69) is 22.0 Å². The minimum Gasteiger partial charge on any atom is -0.192 e. The van der Waals surface area contributed by atoms with Gasteiger partial charge in [0.15, 0.2) is 0 Å². The summed E-state index contributed by atoms with van der Waals surface area (Å²) in [6, 6.07) is 7.54. The standard InChI is InChI=1S/C10H9BrClN/c11-5-1-2-8-6-10(12)4-3-9(8)7-13/h3-4,6H,1-2,5H2. The number of hydrogen-bond acceptors (Lipinski definition) is 1. The third-order valence-corrected chi connectivity index (χ3v) is 2.56. The molecule has 0 fully saturated rings. The Morgan fingerprint density at radius 1 is 1.46 bits per heavy atom. The number of rotatable bonds is 3. The Morgan fingerprint density at radius 3 is 2.85 bits per heavy atom. The molecule has 0 aromatic heterocycles. The van der Waals surface area contributed by atoms with Gasteiger partial charge in [-0.25, -0.2) is 0 Å². The zero-order valence-electron chi connectivity index (χ0n) is 7.06. The van der Waals surface area contributed by atoms with Crippen LogP contribution in [0.1, 0.15) is 17.5 Å². The summed E-state index contributed by atoms with van der Waals surface area (Å²) in [6.45, 7) is 0. The lowest BCUT2D eigenvalue weighted by molar-refractivity contribution is 0.935. The Hall–Kier alpha value is -0.520. The van der Waals surface area contributed by atoms with Crippen LogP contribution in [0.3, 0.4) is 0 Å². The summed E-state index contributed by atoms with van der Waals surface area (Å²) in [5.74, 6) is 0. The third-order valence-electron chi connectivity index (χ3n) is 1.77. The summed E-state index contributed by atoms with van der Waals surface area (Å²) in [5.41, 5.74) is 1.76. The lowest BCUT2D eigenvalue weighted by Crippen LogP contribution is -1.90. The van der Waals surface area contributed by atoms with Crippen LogP contribution in [0.15, 0.2) is 18.2 Å². The molecule has 1 aromatic carbocycles. The number of halogens is 2. The zero-order chi connectivity index (χ0) is 9.68. The molecule has 0 atom stereocenters. The molecule has 0 spiro atoms. The first-order valence-corrected chi connectivity index (χ1v) is 5.52. The second-order valence-corrected chi connectivity index (χ2v) is 3.94. The Bertz CT molecular complexity index is 330. The van der Waals surface area contributed by atoms with Crippen LogP contribution in [-0.2, 0) is 6.42 Å². The fraction of sp³-hybridized carbons (Fsp3) is 0.300. The number of nitrogens with zero attached hydrogens (tertiary/aromatic N) is 1. The molecule has 0 aliphatic rings. The van der Waals surface area contributed by atoms with Crippen molar-refractivity contribution in [2.75, 3.05) is 5.33 Å². The molecule has 13 heavy (non-hydrogen) atoms. The van der Waals surface area contributed by atoms with Gasteiger partial charge in [-0.05, 0) is 36.6 Å². The van der Waals surface area contributed by atoms with Crippen LogP contribution in [0.2, 0.25) is 5.02 Å². The fourth-order valence-electron chi connectivity index (χ4n) is 1.14. The molecule has 0 bridgehead atoms. The highest BCUT2D eigenvalue weighted by Crippen LogP contribution is 2.17. The SMILES string of the molecule is N#Cc1ccc(Cl)cc1CCCBr. The number of nitriles is 1. The van der Waals surface area contributed by atoms with E-state index in [1.807, 2.05) is 6.07 Å². The Morgan fingerprint density at radius 2 is 2.23 bits per heavy atom. The second-order valence-electron chi connectivity index (χ2n) is 2.71. The van der Waals surface area contributed by atoms with Crippen molar-refractivity contribution >= 4 is 27.5 Å². The van der Waals surface area contributed by atoms with Crippen LogP contribution in [0.4, 0.5) is 0 Å². The van der Waals surface area contributed by atoms with Gasteiger partial charge in [0, 0.05) is 10.4 Å². The molecule has 0 radical (unpaired) electrons. The van der Waals surface area contributed by atoms with E-state index in [9.17, 15) is 0 Å². The Kier molecular flexibility index (Phi) is 4.27. The van der Waals surface area contributed by atoms with E-state index in [-0.39, 0.29) is 0 Å². The minimum atomic E-state index is 0.698. The zero-order valence-corrected chi connectivity index (χ0v) is 9.40. The van der Waals surface area contributed by atoms with Gasteiger partial charge in [-0.15, -0.1) is 0 Å². The highest BCUT2D eigenvalue weighted by Gasteiger charge is 2.01. The van der Waals surface area contributed by atoms with Crippen molar-refractivity contribution in [3.63, 3.8) is 0 Å². The van der Waals surface area contributed by atoms with E-state index >= 15 is 0 Å². The molecule has 68 valence electrons. The summed E-state index contributed by atoms with van der Waals surface area (Å²) in [6.07, 6.45) is 1.92. The van der Waals surface area contributed by atoms with Gasteiger partial charge in [-0.2, -0.15) is 5.26 Å². The van der Waals surface area contributed by atoms with Crippen molar-refractivity contribution in [1.82, 2.24) is 0 Å². The van der Waals surface area contributed by atoms with Crippen molar-refractivity contribution in [2.24, 2.45) is 0 Å². The highest BCUT2D eigenvalue weighted by atomic mass is 79.9. The van der Waals surface area contributed by atoms with E-state index in [1.54, 1.807) is 12.1 Å². The van der Waals surface area contributed by atoms with E-state index in [0.717, 1.165) is 29.3 Å². The van der Waals surface area contributed by atoms with Gasteiger partial charge in [-0.3, -0.25) is 0 Å². The maximum Gasteiger partial charge on any atom is 0.0994 e. The smallest absolute Gasteiger partial charge is 0.0994 e. The molecular weight excluding hydrogens is 249 g/mol. The predicted octanol–water partition coefficient (Wildman–Crippen LogP) is 3.54. The van der Waals surface area contributed by atoms with Crippen molar-refractivity contribution < 1.29 is 0 Å². The topological polar surface area (TPSA) is 23.8 Å². The van der Waals surface area contributed by atoms with Gasteiger partial charge >= 0.3 is 0 Å². The van der Waals surface area contributed by atoms with Crippen molar-refractivity contribution in [1.29, 1.82) is 5.26 Å². The van der Waals surface area contributed by atoms with Crippen LogP contribution in [0, 0.1) is 11.3 Å². The first-order valence-electron chi connectivity index (χ1n) is 4.02. The normalized spacial score (nSPS) is 9.62. The summed E-state index contributed by atoms with van der Waals surface area (Å²) in [4.78, 5) is 0. The number of alkyl halides is 1. The summed E-state index contributed by atoms with van der Waals surface area (Å²) < 4.78 is 0. The van der Waals surface area contributed by atoms with E-state index in [1.165, 1.54) is 0 Å². The molecule has 1 nitrogen and oxygen atoms in total. The lowest BCUT2D eigenvalue weighted by atomic mass is 10.0. The largest absolute Gasteiger partial charge is 0.192 e. The summed E-state index contributed by atoms with van der Waals surface area (Å²) in [5, 5.41) is 10.5. The molecule has 0 amide bonds. The Labute approximate surface area is 91.5 Å². The molecule has 0 N–H and O–H groups in total. The average Bonchev–Trinajstić information content (AvgIpc) is 2.15. The third kappa shape index (κ3) is 3.02.